The lowest BCUT2D eigenvalue weighted by atomic mass is 9.95. The van der Waals surface area contributed by atoms with Gasteiger partial charge in [0.15, 0.2) is 47.2 Å². The lowest BCUT2D eigenvalue weighted by Crippen LogP contribution is -3.00. The quantitative estimate of drug-likeness (QED) is 0.129. The molecular formula is C32H30BrNO8. The molecular weight excluding hydrogens is 606 g/mol. The number of carbonyl (C=O) groups is 1. The number of aryl methyl sites for hydroxylation is 2. The molecule has 2 aliphatic rings. The number of ether oxygens (including phenoxy) is 6. The van der Waals surface area contributed by atoms with E-state index in [-0.39, 0.29) is 36.1 Å². The number of aromatic nitrogens is 1. The number of nitrogens with zero attached hydrogens (tertiary/aromatic N) is 1. The van der Waals surface area contributed by atoms with Gasteiger partial charge in [-0.2, -0.15) is 4.57 Å². The highest BCUT2D eigenvalue weighted by molar-refractivity contribution is 5.92. The molecule has 6 rings (SSSR count). The highest BCUT2D eigenvalue weighted by atomic mass is 79.9. The lowest BCUT2D eigenvalue weighted by molar-refractivity contribution is -0.686. The van der Waals surface area contributed by atoms with Crippen molar-refractivity contribution in [3.8, 4) is 45.8 Å². The fourth-order valence-corrected chi connectivity index (χ4v) is 5.12. The lowest BCUT2D eigenvalue weighted by Gasteiger charge is -2.18. The van der Waals surface area contributed by atoms with E-state index in [1.807, 2.05) is 12.1 Å². The van der Waals surface area contributed by atoms with Crippen molar-refractivity contribution >= 4 is 22.8 Å². The number of aromatic hydroxyl groups is 1. The second kappa shape index (κ2) is 12.6. The molecule has 0 saturated carbocycles. The second-order valence-corrected chi connectivity index (χ2v) is 9.70. The van der Waals surface area contributed by atoms with E-state index in [2.05, 4.69) is 29.0 Å². The molecule has 0 unspecified atom stereocenters. The summed E-state index contributed by atoms with van der Waals surface area (Å²) in [7, 11) is 3.09. The fourth-order valence-electron chi connectivity index (χ4n) is 5.12. The monoisotopic (exact) mass is 635 g/mol. The summed E-state index contributed by atoms with van der Waals surface area (Å²) in [6.07, 6.45) is 6.44. The molecule has 1 aromatic heterocycles. The topological polar surface area (TPSA) is 96.6 Å². The van der Waals surface area contributed by atoms with Crippen LogP contribution in [0.1, 0.15) is 17.5 Å². The van der Waals surface area contributed by atoms with Gasteiger partial charge >= 0.3 is 5.97 Å². The summed E-state index contributed by atoms with van der Waals surface area (Å²) in [5, 5.41) is 11.7. The van der Waals surface area contributed by atoms with Gasteiger partial charge in [0.25, 0.3) is 0 Å². The summed E-state index contributed by atoms with van der Waals surface area (Å²) in [4.78, 5) is 12.2. The van der Waals surface area contributed by atoms with Crippen LogP contribution in [0.2, 0.25) is 0 Å². The van der Waals surface area contributed by atoms with E-state index in [4.69, 9.17) is 28.4 Å². The molecule has 0 spiro atoms. The van der Waals surface area contributed by atoms with Crippen molar-refractivity contribution in [1.82, 2.24) is 0 Å². The van der Waals surface area contributed by atoms with Gasteiger partial charge in [-0.25, -0.2) is 4.79 Å². The number of phenols is 1. The largest absolute Gasteiger partial charge is 1.00 e. The number of rotatable bonds is 9. The van der Waals surface area contributed by atoms with Crippen LogP contribution in [0.4, 0.5) is 0 Å². The molecule has 0 fully saturated rings. The molecule has 4 aromatic rings. The van der Waals surface area contributed by atoms with Crippen LogP contribution < -0.4 is 45.2 Å². The zero-order valence-electron chi connectivity index (χ0n) is 23.2. The minimum Gasteiger partial charge on any atom is -1.00 e. The summed E-state index contributed by atoms with van der Waals surface area (Å²) in [6.45, 7) is 1.62. The number of hydrogen-bond acceptors (Lipinski definition) is 8. The smallest absolute Gasteiger partial charge is 0.330 e. The van der Waals surface area contributed by atoms with Gasteiger partial charge in [0.1, 0.15) is 0 Å². The third-order valence-corrected chi connectivity index (χ3v) is 7.19. The maximum atomic E-state index is 12.2. The number of esters is 1. The maximum Gasteiger partial charge on any atom is 0.330 e. The second-order valence-electron chi connectivity index (χ2n) is 9.70. The Morgan fingerprint density at radius 2 is 1.81 bits per heavy atom. The molecule has 3 aromatic carbocycles. The van der Waals surface area contributed by atoms with Gasteiger partial charge in [-0.15, -0.1) is 0 Å². The van der Waals surface area contributed by atoms with Gasteiger partial charge in [0, 0.05) is 25.0 Å². The number of carbonyl (C=O) groups excluding carboxylic acids is 1. The minimum absolute atomic E-state index is 0. The number of methoxy groups -OCH3 is 2. The van der Waals surface area contributed by atoms with Crippen molar-refractivity contribution in [1.29, 1.82) is 0 Å². The maximum absolute atomic E-state index is 12.2. The molecule has 9 nitrogen and oxygen atoms in total. The van der Waals surface area contributed by atoms with Gasteiger partial charge < -0.3 is 50.5 Å². The van der Waals surface area contributed by atoms with E-state index in [0.29, 0.717) is 35.8 Å². The molecule has 0 atom stereocenters. The third-order valence-electron chi connectivity index (χ3n) is 7.19. The van der Waals surface area contributed by atoms with Crippen molar-refractivity contribution in [2.24, 2.45) is 0 Å². The van der Waals surface area contributed by atoms with Crippen LogP contribution in [-0.4, -0.2) is 45.3 Å². The van der Waals surface area contributed by atoms with Crippen LogP contribution in [0.3, 0.4) is 0 Å². The average molecular weight is 636 g/mol. The zero-order chi connectivity index (χ0) is 28.3. The molecule has 2 aliphatic heterocycles. The Labute approximate surface area is 253 Å². The van der Waals surface area contributed by atoms with Gasteiger partial charge in [-0.05, 0) is 59.0 Å². The first-order valence-corrected chi connectivity index (χ1v) is 13.4. The highest BCUT2D eigenvalue weighted by Gasteiger charge is 2.28. The molecule has 0 bridgehead atoms. The summed E-state index contributed by atoms with van der Waals surface area (Å²) in [5.41, 5.74) is 4.20. The van der Waals surface area contributed by atoms with Crippen molar-refractivity contribution in [2.45, 2.75) is 19.4 Å². The summed E-state index contributed by atoms with van der Waals surface area (Å²) in [5.74, 6) is 2.77. The van der Waals surface area contributed by atoms with Crippen molar-refractivity contribution in [3.63, 3.8) is 0 Å². The predicted molar refractivity (Wildman–Crippen MR) is 151 cm³/mol. The van der Waals surface area contributed by atoms with E-state index in [1.165, 1.54) is 24.8 Å². The third kappa shape index (κ3) is 5.80. The minimum atomic E-state index is -0.467. The van der Waals surface area contributed by atoms with Crippen LogP contribution in [0, 0.1) is 0 Å². The Kier molecular flexibility index (Phi) is 8.72. The standard InChI is InChI=1S/C32H29NO8.BrH/c1-36-27-8-6-21-15-25-23-17-30-29(40-19-41-30)16-22(23)10-11-33(25)18-24(21)32(27)39-13-3-12-38-31(35)9-5-20-4-7-26(34)28(14-20)37-2;/h4-9,14-18H,3,10-13,19H2,1-2H3;1H. The Morgan fingerprint density at radius 1 is 1.00 bits per heavy atom. The van der Waals surface area contributed by atoms with Gasteiger partial charge in [-0.3, -0.25) is 0 Å². The Bertz CT molecular complexity index is 1670. The predicted octanol–water partition coefficient (Wildman–Crippen LogP) is 1.83. The molecule has 0 saturated heterocycles. The Hall–Kier alpha value is -4.44. The number of hydrogen-bond donors (Lipinski definition) is 1. The molecule has 42 heavy (non-hydrogen) atoms. The summed E-state index contributed by atoms with van der Waals surface area (Å²) < 4.78 is 35.6. The van der Waals surface area contributed by atoms with Gasteiger partial charge in [-0.1, -0.05) is 6.07 Å². The fraction of sp³-hybridized carbons (Fsp3) is 0.250. The number of phenolic OH excluding ortho intramolecular Hbond substituents is 1. The first kappa shape index (κ1) is 29.1. The molecule has 218 valence electrons. The molecule has 0 amide bonds. The van der Waals surface area contributed by atoms with Crippen molar-refractivity contribution in [2.75, 3.05) is 34.2 Å². The number of pyridine rings is 1. The molecule has 3 heterocycles. The van der Waals surface area contributed by atoms with Crippen LogP contribution >= 0.6 is 0 Å². The highest BCUT2D eigenvalue weighted by Crippen LogP contribution is 2.41. The van der Waals surface area contributed by atoms with Crippen molar-refractivity contribution < 1.29 is 59.9 Å². The van der Waals surface area contributed by atoms with Crippen LogP contribution in [0.15, 0.2) is 60.8 Å². The number of fused-ring (bicyclic) bond motifs is 5. The van der Waals surface area contributed by atoms with Crippen molar-refractivity contribution in [3.05, 3.63) is 71.9 Å². The van der Waals surface area contributed by atoms with Crippen LogP contribution in [0.25, 0.3) is 28.1 Å². The SMILES string of the molecule is COc1cc(/C=C/C(=O)OCCCOc2c(OC)ccc3cc4[n+](cc23)CCc2cc3c(cc2-4)OCO3)ccc1O.[Br-]. The van der Waals surface area contributed by atoms with E-state index < -0.39 is 5.97 Å². The van der Waals surface area contributed by atoms with Gasteiger partial charge in [0.2, 0.25) is 12.5 Å². The summed E-state index contributed by atoms with van der Waals surface area (Å²) in [6, 6.07) is 15.1. The molecule has 0 aliphatic carbocycles. The van der Waals surface area contributed by atoms with Crippen LogP contribution in [-0.2, 0) is 22.5 Å². The van der Waals surface area contributed by atoms with E-state index in [1.54, 1.807) is 25.3 Å². The zero-order valence-corrected chi connectivity index (χ0v) is 24.8. The average Bonchev–Trinajstić information content (AvgIpc) is 3.46. The normalized spacial score (nSPS) is 12.8. The first-order valence-electron chi connectivity index (χ1n) is 13.4. The van der Waals surface area contributed by atoms with E-state index in [0.717, 1.165) is 46.5 Å². The first-order chi connectivity index (χ1) is 20.0. The Balaban J connectivity index is 0.00000353. The molecule has 10 heteroatoms. The molecule has 0 radical (unpaired) electrons. The molecule has 1 N–H and O–H groups in total. The van der Waals surface area contributed by atoms with E-state index in [9.17, 15) is 9.90 Å². The van der Waals surface area contributed by atoms with Crippen LogP contribution in [0.5, 0.6) is 34.5 Å². The van der Waals surface area contributed by atoms with E-state index >= 15 is 0 Å². The Morgan fingerprint density at radius 3 is 2.62 bits per heavy atom. The number of benzene rings is 3. The summed E-state index contributed by atoms with van der Waals surface area (Å²) >= 11 is 0. The van der Waals surface area contributed by atoms with Gasteiger partial charge in [0.05, 0.1) is 38.4 Å². The number of halogens is 1.